The number of aromatic nitrogens is 1. The van der Waals surface area contributed by atoms with Crippen LogP contribution in [0.3, 0.4) is 0 Å². The van der Waals surface area contributed by atoms with Gasteiger partial charge in [0.1, 0.15) is 5.82 Å². The molecule has 1 fully saturated rings. The molecule has 2 amide bonds. The Morgan fingerprint density at radius 1 is 1.45 bits per heavy atom. The molecular formula is C15H24N4O3. The van der Waals surface area contributed by atoms with Crippen molar-refractivity contribution < 1.29 is 14.6 Å². The van der Waals surface area contributed by atoms with Crippen molar-refractivity contribution in [3.63, 3.8) is 0 Å². The Bertz CT molecular complexity index is 484. The fourth-order valence-electron chi connectivity index (χ4n) is 2.01. The van der Waals surface area contributed by atoms with Crippen LogP contribution in [0.5, 0.6) is 0 Å². The second kappa shape index (κ2) is 7.42. The van der Waals surface area contributed by atoms with Crippen LogP contribution in [0.1, 0.15) is 20.3 Å². The number of anilines is 2. The van der Waals surface area contributed by atoms with E-state index in [4.69, 9.17) is 4.74 Å². The average molecular weight is 308 g/mol. The molecule has 3 N–H and O–H groups in total. The summed E-state index contributed by atoms with van der Waals surface area (Å²) in [5.41, 5.74) is -0.277. The van der Waals surface area contributed by atoms with Crippen LogP contribution in [-0.2, 0) is 4.74 Å². The Hall–Kier alpha value is -1.86. The van der Waals surface area contributed by atoms with Gasteiger partial charge in [0, 0.05) is 19.6 Å². The third kappa shape index (κ3) is 4.85. The lowest BCUT2D eigenvalue weighted by Crippen LogP contribution is -2.41. The van der Waals surface area contributed by atoms with Crippen LogP contribution in [0, 0.1) is 0 Å². The summed E-state index contributed by atoms with van der Waals surface area (Å²) < 4.78 is 5.31. The van der Waals surface area contributed by atoms with E-state index >= 15 is 0 Å². The highest BCUT2D eigenvalue weighted by atomic mass is 16.5. The Labute approximate surface area is 130 Å². The van der Waals surface area contributed by atoms with Gasteiger partial charge >= 0.3 is 6.03 Å². The maximum atomic E-state index is 11.8. The highest BCUT2D eigenvalue weighted by molar-refractivity contribution is 5.89. The van der Waals surface area contributed by atoms with Gasteiger partial charge in [-0.05, 0) is 25.5 Å². The zero-order valence-corrected chi connectivity index (χ0v) is 13.1. The molecule has 0 aliphatic carbocycles. The van der Waals surface area contributed by atoms with Gasteiger partial charge in [-0.2, -0.15) is 0 Å². The molecule has 0 bridgehead atoms. The van der Waals surface area contributed by atoms with Gasteiger partial charge in [0.05, 0.1) is 30.7 Å². The molecule has 2 heterocycles. The number of carbonyl (C=O) groups excluding carboxylic acids is 1. The van der Waals surface area contributed by atoms with Crippen molar-refractivity contribution in [3.05, 3.63) is 18.3 Å². The largest absolute Gasteiger partial charge is 0.388 e. The number of urea groups is 1. The first-order valence-electron chi connectivity index (χ1n) is 7.56. The molecule has 0 spiro atoms. The lowest BCUT2D eigenvalue weighted by Gasteiger charge is -2.27. The minimum Gasteiger partial charge on any atom is -0.388 e. The second-order valence-corrected chi connectivity index (χ2v) is 5.66. The van der Waals surface area contributed by atoms with Gasteiger partial charge in [0.15, 0.2) is 0 Å². The maximum absolute atomic E-state index is 11.8. The van der Waals surface area contributed by atoms with E-state index in [0.717, 1.165) is 18.9 Å². The van der Waals surface area contributed by atoms with Crippen LogP contribution in [-0.4, -0.2) is 54.6 Å². The average Bonchev–Trinajstić information content (AvgIpc) is 2.55. The molecule has 1 unspecified atom stereocenters. The zero-order chi connectivity index (χ0) is 16.0. The van der Waals surface area contributed by atoms with Gasteiger partial charge in [-0.25, -0.2) is 9.78 Å². The predicted molar refractivity (Wildman–Crippen MR) is 85.2 cm³/mol. The van der Waals surface area contributed by atoms with Crippen LogP contribution >= 0.6 is 0 Å². The number of hydrogen-bond acceptors (Lipinski definition) is 5. The van der Waals surface area contributed by atoms with Crippen LogP contribution in [0.25, 0.3) is 0 Å². The zero-order valence-electron chi connectivity index (χ0n) is 13.1. The summed E-state index contributed by atoms with van der Waals surface area (Å²) in [6.45, 7) is 6.83. The van der Waals surface area contributed by atoms with Crippen LogP contribution in [0.4, 0.5) is 16.3 Å². The maximum Gasteiger partial charge on any atom is 0.319 e. The van der Waals surface area contributed by atoms with Crippen molar-refractivity contribution in [1.29, 1.82) is 0 Å². The van der Waals surface area contributed by atoms with Gasteiger partial charge in [0.2, 0.25) is 0 Å². The molecule has 2 rings (SSSR count). The quantitative estimate of drug-likeness (QED) is 0.761. The Morgan fingerprint density at radius 2 is 2.18 bits per heavy atom. The molecule has 0 saturated carbocycles. The smallest absolute Gasteiger partial charge is 0.319 e. The molecule has 1 saturated heterocycles. The van der Waals surface area contributed by atoms with E-state index < -0.39 is 5.60 Å². The molecule has 22 heavy (non-hydrogen) atoms. The van der Waals surface area contributed by atoms with Crippen molar-refractivity contribution in [2.45, 2.75) is 25.9 Å². The number of hydrogen-bond donors (Lipinski definition) is 3. The summed E-state index contributed by atoms with van der Waals surface area (Å²) >= 11 is 0. The monoisotopic (exact) mass is 308 g/mol. The first kappa shape index (κ1) is 16.5. The number of aliphatic hydroxyl groups is 1. The topological polar surface area (TPSA) is 86.7 Å². The van der Waals surface area contributed by atoms with E-state index in [1.165, 1.54) is 0 Å². The molecular weight excluding hydrogens is 284 g/mol. The van der Waals surface area contributed by atoms with Crippen molar-refractivity contribution in [3.8, 4) is 0 Å². The Kier molecular flexibility index (Phi) is 5.57. The number of ether oxygens (including phenoxy) is 1. The number of nitrogens with zero attached hydrogens (tertiary/aromatic N) is 2. The fraction of sp³-hybridized carbons (Fsp3) is 0.600. The number of nitrogens with one attached hydrogen (secondary N) is 2. The summed E-state index contributed by atoms with van der Waals surface area (Å²) in [6, 6.07) is 3.34. The van der Waals surface area contributed by atoms with Gasteiger partial charge < -0.3 is 25.4 Å². The molecule has 1 aliphatic rings. The first-order valence-corrected chi connectivity index (χ1v) is 7.56. The Morgan fingerprint density at radius 3 is 2.77 bits per heavy atom. The SMILES string of the molecule is CCC(C)(O)CNC(=O)Nc1ccc(N2CCOCC2)nc1. The molecule has 0 radical (unpaired) electrons. The second-order valence-electron chi connectivity index (χ2n) is 5.66. The summed E-state index contributed by atoms with van der Waals surface area (Å²) in [7, 11) is 0. The van der Waals surface area contributed by atoms with Crippen molar-refractivity contribution in [2.24, 2.45) is 0 Å². The number of pyridine rings is 1. The molecule has 122 valence electrons. The van der Waals surface area contributed by atoms with Crippen molar-refractivity contribution in [2.75, 3.05) is 43.1 Å². The van der Waals surface area contributed by atoms with Gasteiger partial charge in [-0.1, -0.05) is 6.92 Å². The summed E-state index contributed by atoms with van der Waals surface area (Å²) in [4.78, 5) is 18.3. The summed E-state index contributed by atoms with van der Waals surface area (Å²) in [5, 5.41) is 15.2. The molecule has 1 aromatic rings. The predicted octanol–water partition coefficient (Wildman–Crippen LogP) is 1.20. The minimum absolute atomic E-state index is 0.203. The fourth-order valence-corrected chi connectivity index (χ4v) is 2.01. The standard InChI is InChI=1S/C15H24N4O3/c1-3-15(2,21)11-17-14(20)18-12-4-5-13(16-10-12)19-6-8-22-9-7-19/h4-5,10,21H,3,6-9,11H2,1-2H3,(H2,17,18,20). The van der Waals surface area contributed by atoms with Gasteiger partial charge in [-0.3, -0.25) is 0 Å². The molecule has 1 aromatic heterocycles. The van der Waals surface area contributed by atoms with E-state index in [2.05, 4.69) is 20.5 Å². The third-order valence-corrected chi connectivity index (χ3v) is 3.73. The van der Waals surface area contributed by atoms with Crippen LogP contribution in [0.15, 0.2) is 18.3 Å². The van der Waals surface area contributed by atoms with E-state index in [0.29, 0.717) is 25.3 Å². The number of rotatable bonds is 5. The van der Waals surface area contributed by atoms with E-state index in [1.807, 2.05) is 19.1 Å². The van der Waals surface area contributed by atoms with Crippen LogP contribution < -0.4 is 15.5 Å². The molecule has 1 aliphatic heterocycles. The highest BCUT2D eigenvalue weighted by Gasteiger charge is 2.18. The lowest BCUT2D eigenvalue weighted by atomic mass is 10.0. The number of amides is 2. The van der Waals surface area contributed by atoms with Crippen molar-refractivity contribution in [1.82, 2.24) is 10.3 Å². The van der Waals surface area contributed by atoms with Gasteiger partial charge in [-0.15, -0.1) is 0 Å². The van der Waals surface area contributed by atoms with E-state index in [-0.39, 0.29) is 12.6 Å². The van der Waals surface area contributed by atoms with Gasteiger partial charge in [0.25, 0.3) is 0 Å². The van der Waals surface area contributed by atoms with Crippen LogP contribution in [0.2, 0.25) is 0 Å². The first-order chi connectivity index (χ1) is 10.5. The normalized spacial score (nSPS) is 17.7. The molecule has 1 atom stereocenters. The van der Waals surface area contributed by atoms with Crippen molar-refractivity contribution >= 4 is 17.5 Å². The Balaban J connectivity index is 1.84. The van der Waals surface area contributed by atoms with E-state index in [9.17, 15) is 9.90 Å². The summed E-state index contributed by atoms with van der Waals surface area (Å²) in [5.74, 6) is 0.878. The number of morpholine rings is 1. The third-order valence-electron chi connectivity index (χ3n) is 3.73. The van der Waals surface area contributed by atoms with E-state index in [1.54, 1.807) is 13.1 Å². The molecule has 0 aromatic carbocycles. The molecule has 7 nitrogen and oxygen atoms in total. The number of carbonyl (C=O) groups is 1. The summed E-state index contributed by atoms with van der Waals surface area (Å²) in [6.07, 6.45) is 2.20. The minimum atomic E-state index is -0.893. The lowest BCUT2D eigenvalue weighted by molar-refractivity contribution is 0.0587. The molecule has 7 heteroatoms. The highest BCUT2D eigenvalue weighted by Crippen LogP contribution is 2.15.